The zero-order valence-electron chi connectivity index (χ0n) is 13.8. The van der Waals surface area contributed by atoms with E-state index in [1.807, 2.05) is 14.0 Å². The van der Waals surface area contributed by atoms with Gasteiger partial charge in [0.1, 0.15) is 0 Å². The van der Waals surface area contributed by atoms with Crippen LogP contribution in [0.1, 0.15) is 37.6 Å². The largest absolute Gasteiger partial charge is 0.481 e. The van der Waals surface area contributed by atoms with E-state index in [1.54, 1.807) is 11.8 Å². The maximum Gasteiger partial charge on any atom is 0.216 e. The lowest BCUT2D eigenvalue weighted by molar-refractivity contribution is 0.370. The molecule has 0 saturated carbocycles. The van der Waals surface area contributed by atoms with E-state index >= 15 is 0 Å². The van der Waals surface area contributed by atoms with E-state index in [9.17, 15) is 0 Å². The number of hydrogen-bond acceptors (Lipinski definition) is 3. The lowest BCUT2D eigenvalue weighted by Crippen LogP contribution is -2.11. The van der Waals surface area contributed by atoms with Gasteiger partial charge in [0.05, 0.1) is 18.4 Å². The lowest BCUT2D eigenvalue weighted by Gasteiger charge is -2.19. The first-order chi connectivity index (χ1) is 9.82. The highest BCUT2D eigenvalue weighted by atomic mass is 16.5. The second-order valence-electron chi connectivity index (χ2n) is 6.38. The molecule has 0 atom stereocenters. The van der Waals surface area contributed by atoms with Crippen LogP contribution < -0.4 is 10.1 Å². The molecule has 114 valence electrons. The van der Waals surface area contributed by atoms with Crippen LogP contribution in [0.5, 0.6) is 5.88 Å². The number of nitrogens with one attached hydrogen (secondary N) is 1. The van der Waals surface area contributed by atoms with E-state index in [2.05, 4.69) is 55.5 Å². The first-order valence-electron chi connectivity index (χ1n) is 7.24. The Morgan fingerprint density at radius 2 is 1.81 bits per heavy atom. The van der Waals surface area contributed by atoms with Crippen LogP contribution in [0.3, 0.4) is 0 Å². The predicted molar refractivity (Wildman–Crippen MR) is 87.0 cm³/mol. The third-order valence-corrected chi connectivity index (χ3v) is 3.70. The molecule has 2 rings (SSSR count). The molecule has 2 aromatic rings. The average molecular weight is 287 g/mol. The molecule has 1 heterocycles. The average Bonchev–Trinajstić information content (AvgIpc) is 2.69. The number of anilines is 1. The maximum absolute atomic E-state index is 5.41. The zero-order chi connectivity index (χ0) is 15.6. The van der Waals surface area contributed by atoms with E-state index in [4.69, 9.17) is 4.74 Å². The van der Waals surface area contributed by atoms with Gasteiger partial charge in [-0.15, -0.1) is 0 Å². The summed E-state index contributed by atoms with van der Waals surface area (Å²) in [5, 5.41) is 7.83. The van der Waals surface area contributed by atoms with Crippen LogP contribution in [0, 0.1) is 6.92 Å². The van der Waals surface area contributed by atoms with Crippen molar-refractivity contribution >= 4 is 5.69 Å². The predicted octanol–water partition coefficient (Wildman–Crippen LogP) is 3.65. The second kappa shape index (κ2) is 5.80. The summed E-state index contributed by atoms with van der Waals surface area (Å²) in [6, 6.07) is 8.60. The van der Waals surface area contributed by atoms with Gasteiger partial charge in [0.15, 0.2) is 0 Å². The zero-order valence-corrected chi connectivity index (χ0v) is 13.8. The molecule has 0 aliphatic heterocycles. The summed E-state index contributed by atoms with van der Waals surface area (Å²) < 4.78 is 7.18. The molecule has 0 amide bonds. The fourth-order valence-electron chi connectivity index (χ4n) is 2.42. The summed E-state index contributed by atoms with van der Waals surface area (Å²) in [6.07, 6.45) is 0. The van der Waals surface area contributed by atoms with Crippen LogP contribution >= 0.6 is 0 Å². The summed E-state index contributed by atoms with van der Waals surface area (Å²) in [7, 11) is 3.57. The fourth-order valence-corrected chi connectivity index (χ4v) is 2.42. The van der Waals surface area contributed by atoms with Gasteiger partial charge < -0.3 is 10.1 Å². The van der Waals surface area contributed by atoms with Gasteiger partial charge in [-0.2, -0.15) is 5.10 Å². The molecule has 21 heavy (non-hydrogen) atoms. The third kappa shape index (κ3) is 3.38. The Kier molecular flexibility index (Phi) is 4.26. The molecule has 0 radical (unpaired) electrons. The van der Waals surface area contributed by atoms with Crippen molar-refractivity contribution in [3.63, 3.8) is 0 Å². The minimum absolute atomic E-state index is 0.182. The normalized spacial score (nSPS) is 11.5. The number of rotatable bonds is 4. The quantitative estimate of drug-likeness (QED) is 0.933. The van der Waals surface area contributed by atoms with Crippen molar-refractivity contribution in [1.82, 2.24) is 9.78 Å². The molecule has 4 heteroatoms. The minimum atomic E-state index is 0.182. The van der Waals surface area contributed by atoms with Crippen molar-refractivity contribution in [2.75, 3.05) is 12.4 Å². The molecule has 0 fully saturated rings. The molecule has 1 aromatic heterocycles. The number of methoxy groups -OCH3 is 1. The lowest BCUT2D eigenvalue weighted by atomic mass is 9.87. The van der Waals surface area contributed by atoms with Gasteiger partial charge >= 0.3 is 0 Å². The van der Waals surface area contributed by atoms with E-state index in [0.717, 1.165) is 22.8 Å². The summed E-state index contributed by atoms with van der Waals surface area (Å²) in [5.74, 6) is 0.811. The number of hydrogen-bond donors (Lipinski definition) is 1. The third-order valence-electron chi connectivity index (χ3n) is 3.70. The number of ether oxygens (including phenoxy) is 1. The van der Waals surface area contributed by atoms with Gasteiger partial charge in [-0.05, 0) is 30.0 Å². The monoisotopic (exact) mass is 287 g/mol. The summed E-state index contributed by atoms with van der Waals surface area (Å²) in [4.78, 5) is 0. The highest BCUT2D eigenvalue weighted by Gasteiger charge is 2.14. The molecule has 0 unspecified atom stereocenters. The number of nitrogens with zero attached hydrogens (tertiary/aromatic N) is 2. The van der Waals surface area contributed by atoms with Gasteiger partial charge in [-0.1, -0.05) is 32.9 Å². The van der Waals surface area contributed by atoms with Crippen LogP contribution in [0.4, 0.5) is 5.69 Å². The number of benzene rings is 1. The highest BCUT2D eigenvalue weighted by Crippen LogP contribution is 2.25. The van der Waals surface area contributed by atoms with E-state index < -0.39 is 0 Å². The van der Waals surface area contributed by atoms with E-state index in [0.29, 0.717) is 6.54 Å². The number of aromatic nitrogens is 2. The number of aryl methyl sites for hydroxylation is 2. The van der Waals surface area contributed by atoms with Gasteiger partial charge in [-0.3, -0.25) is 0 Å². The molecule has 0 saturated heterocycles. The Bertz CT molecular complexity index is 606. The van der Waals surface area contributed by atoms with E-state index in [-0.39, 0.29) is 5.41 Å². The van der Waals surface area contributed by atoms with Gasteiger partial charge in [-0.25, -0.2) is 4.68 Å². The van der Waals surface area contributed by atoms with Crippen molar-refractivity contribution in [2.45, 2.75) is 39.7 Å². The smallest absolute Gasteiger partial charge is 0.216 e. The Morgan fingerprint density at radius 1 is 1.19 bits per heavy atom. The molecule has 0 aliphatic rings. The Labute approximate surface area is 127 Å². The topological polar surface area (TPSA) is 39.1 Å². The molecule has 0 spiro atoms. The van der Waals surface area contributed by atoms with Crippen molar-refractivity contribution in [2.24, 2.45) is 7.05 Å². The molecule has 1 aromatic carbocycles. The fraction of sp³-hybridized carbons (Fsp3) is 0.471. The first kappa shape index (κ1) is 15.4. The van der Waals surface area contributed by atoms with Crippen LogP contribution in [0.15, 0.2) is 24.3 Å². The van der Waals surface area contributed by atoms with E-state index in [1.165, 1.54) is 5.56 Å². The van der Waals surface area contributed by atoms with Crippen molar-refractivity contribution in [3.05, 3.63) is 41.1 Å². The summed E-state index contributed by atoms with van der Waals surface area (Å²) >= 11 is 0. The molecular weight excluding hydrogens is 262 g/mol. The van der Waals surface area contributed by atoms with Crippen LogP contribution in [0.25, 0.3) is 0 Å². The van der Waals surface area contributed by atoms with Crippen molar-refractivity contribution in [3.8, 4) is 5.88 Å². The van der Waals surface area contributed by atoms with Crippen LogP contribution in [-0.4, -0.2) is 16.9 Å². The van der Waals surface area contributed by atoms with Gasteiger partial charge in [0.2, 0.25) is 5.88 Å². The molecular formula is C17H25N3O. The van der Waals surface area contributed by atoms with Crippen LogP contribution in [-0.2, 0) is 19.0 Å². The van der Waals surface area contributed by atoms with Gasteiger partial charge in [0.25, 0.3) is 0 Å². The second-order valence-corrected chi connectivity index (χ2v) is 6.38. The molecule has 4 nitrogen and oxygen atoms in total. The molecule has 0 bridgehead atoms. The molecule has 0 aliphatic carbocycles. The Hall–Kier alpha value is -1.97. The standard InChI is InChI=1S/C17H25N3O/c1-12-15(16(21-6)20(5)19-12)11-18-14-9-7-13(8-10-14)17(2,3)4/h7-10,18H,11H2,1-6H3. The molecule has 1 N–H and O–H groups in total. The summed E-state index contributed by atoms with van der Waals surface area (Å²) in [5.41, 5.74) is 4.71. The highest BCUT2D eigenvalue weighted by molar-refractivity contribution is 5.47. The van der Waals surface area contributed by atoms with Gasteiger partial charge in [0, 0.05) is 19.3 Å². The Balaban J connectivity index is 2.10. The Morgan fingerprint density at radius 3 is 2.33 bits per heavy atom. The summed E-state index contributed by atoms with van der Waals surface area (Å²) in [6.45, 7) is 9.37. The minimum Gasteiger partial charge on any atom is -0.481 e. The SMILES string of the molecule is COc1c(CNc2ccc(C(C)(C)C)cc2)c(C)nn1C. The first-order valence-corrected chi connectivity index (χ1v) is 7.24. The van der Waals surface area contributed by atoms with Crippen molar-refractivity contribution < 1.29 is 4.74 Å². The van der Waals surface area contributed by atoms with Crippen molar-refractivity contribution in [1.29, 1.82) is 0 Å². The van der Waals surface area contributed by atoms with Crippen LogP contribution in [0.2, 0.25) is 0 Å². The maximum atomic E-state index is 5.41.